The number of aryl methyl sites for hydroxylation is 1. The summed E-state index contributed by atoms with van der Waals surface area (Å²) >= 11 is 0. The van der Waals surface area contributed by atoms with Crippen molar-refractivity contribution in [2.24, 2.45) is 17.8 Å². The summed E-state index contributed by atoms with van der Waals surface area (Å²) in [4.78, 5) is 12.8. The van der Waals surface area contributed by atoms with E-state index in [1.165, 1.54) is 49.7 Å². The maximum absolute atomic E-state index is 12.8. The van der Waals surface area contributed by atoms with E-state index in [1.54, 1.807) is 0 Å². The second-order valence-corrected chi connectivity index (χ2v) is 10.3. The molecule has 0 aliphatic heterocycles. The molecule has 4 fully saturated rings. The summed E-state index contributed by atoms with van der Waals surface area (Å²) in [6.07, 6.45) is 9.64. The second-order valence-electron chi connectivity index (χ2n) is 10.3. The Hall–Kier alpha value is -2.29. The van der Waals surface area contributed by atoms with Gasteiger partial charge in [-0.15, -0.1) is 0 Å². The molecule has 4 saturated carbocycles. The third-order valence-electron chi connectivity index (χ3n) is 8.08. The van der Waals surface area contributed by atoms with Crippen molar-refractivity contribution in [2.45, 2.75) is 76.7 Å². The predicted molar refractivity (Wildman–Crippen MR) is 125 cm³/mol. The zero-order valence-corrected chi connectivity index (χ0v) is 18.9. The van der Waals surface area contributed by atoms with Gasteiger partial charge in [-0.2, -0.15) is 0 Å². The van der Waals surface area contributed by atoms with Crippen LogP contribution >= 0.6 is 0 Å². The van der Waals surface area contributed by atoms with E-state index in [-0.39, 0.29) is 5.91 Å². The van der Waals surface area contributed by atoms with Crippen molar-refractivity contribution in [3.63, 3.8) is 0 Å². The lowest BCUT2D eigenvalue weighted by molar-refractivity contribution is -0.122. The van der Waals surface area contributed by atoms with Gasteiger partial charge in [0.05, 0.1) is 0 Å². The van der Waals surface area contributed by atoms with Gasteiger partial charge in [0.25, 0.3) is 5.91 Å². The van der Waals surface area contributed by atoms with Crippen LogP contribution in [0.1, 0.15) is 69.9 Å². The smallest absolute Gasteiger partial charge is 0.265 e. The molecule has 6 rings (SSSR count). The lowest BCUT2D eigenvalue weighted by Gasteiger charge is -2.57. The molecule has 2 aromatic carbocycles. The molecule has 1 atom stereocenters. The summed E-state index contributed by atoms with van der Waals surface area (Å²) in [6, 6.07) is 16.8. The van der Waals surface area contributed by atoms with Crippen LogP contribution in [0.2, 0.25) is 0 Å². The summed E-state index contributed by atoms with van der Waals surface area (Å²) in [7, 11) is 0. The third-order valence-corrected chi connectivity index (χ3v) is 8.08. The van der Waals surface area contributed by atoms with E-state index >= 15 is 0 Å². The lowest BCUT2D eigenvalue weighted by Crippen LogP contribution is -2.48. The van der Waals surface area contributed by atoms with E-state index in [2.05, 4.69) is 48.6 Å². The van der Waals surface area contributed by atoms with E-state index in [4.69, 9.17) is 4.74 Å². The molecule has 0 aromatic heterocycles. The first-order valence-corrected chi connectivity index (χ1v) is 12.2. The monoisotopic (exact) mass is 417 g/mol. The van der Waals surface area contributed by atoms with Gasteiger partial charge in [-0.25, -0.2) is 0 Å². The number of ether oxygens (including phenoxy) is 1. The number of anilines is 1. The quantitative estimate of drug-likeness (QED) is 0.557. The largest absolute Gasteiger partial charge is 0.481 e. The number of hydrogen-bond acceptors (Lipinski definition) is 2. The summed E-state index contributed by atoms with van der Waals surface area (Å²) in [5.41, 5.74) is 4.02. The van der Waals surface area contributed by atoms with E-state index in [0.717, 1.165) is 35.6 Å². The molecule has 4 aliphatic carbocycles. The molecule has 0 spiro atoms. The normalized spacial score (nSPS) is 29.5. The Bertz CT molecular complexity index is 880. The fraction of sp³-hybridized carbons (Fsp3) is 0.536. The minimum absolute atomic E-state index is 0.0791. The number of rotatable bonds is 7. The van der Waals surface area contributed by atoms with E-state index in [0.29, 0.717) is 11.8 Å². The van der Waals surface area contributed by atoms with Gasteiger partial charge in [-0.05, 0) is 110 Å². The first-order valence-electron chi connectivity index (χ1n) is 12.2. The molecule has 1 N–H and O–H groups in total. The SMILES string of the molecule is CCc1ccc(OC(CC)C(=O)Nc2ccc(C34CC5CC(CC(C5)C3)C4)cc2)cc1. The summed E-state index contributed by atoms with van der Waals surface area (Å²) < 4.78 is 5.97. The zero-order chi connectivity index (χ0) is 21.4. The first kappa shape index (κ1) is 20.6. The minimum atomic E-state index is -0.490. The highest BCUT2D eigenvalue weighted by atomic mass is 16.5. The minimum Gasteiger partial charge on any atom is -0.481 e. The average Bonchev–Trinajstić information content (AvgIpc) is 2.77. The van der Waals surface area contributed by atoms with Crippen LogP contribution in [0.3, 0.4) is 0 Å². The molecule has 3 heteroatoms. The van der Waals surface area contributed by atoms with Gasteiger partial charge in [0.1, 0.15) is 5.75 Å². The standard InChI is InChI=1S/C28H35NO2/c1-3-19-5-11-25(12-6-19)31-26(4-2)27(30)29-24-9-7-23(8-10-24)28-16-20-13-21(17-28)15-22(14-20)18-28/h5-12,20-22,26H,3-4,13-18H2,1-2H3,(H,29,30). The van der Waals surface area contributed by atoms with Crippen LogP contribution < -0.4 is 10.1 Å². The highest BCUT2D eigenvalue weighted by Crippen LogP contribution is 2.60. The lowest BCUT2D eigenvalue weighted by atomic mass is 9.48. The fourth-order valence-corrected chi connectivity index (χ4v) is 6.88. The Morgan fingerprint density at radius 1 is 0.935 bits per heavy atom. The number of benzene rings is 2. The van der Waals surface area contributed by atoms with Gasteiger partial charge in [-0.3, -0.25) is 4.79 Å². The topological polar surface area (TPSA) is 38.3 Å². The Labute approximate surface area is 186 Å². The average molecular weight is 418 g/mol. The number of hydrogen-bond donors (Lipinski definition) is 1. The molecule has 164 valence electrons. The van der Waals surface area contributed by atoms with Crippen molar-refractivity contribution in [1.82, 2.24) is 0 Å². The van der Waals surface area contributed by atoms with Crippen molar-refractivity contribution < 1.29 is 9.53 Å². The van der Waals surface area contributed by atoms with Crippen molar-refractivity contribution in [2.75, 3.05) is 5.32 Å². The van der Waals surface area contributed by atoms with Crippen molar-refractivity contribution >= 4 is 11.6 Å². The van der Waals surface area contributed by atoms with Gasteiger partial charge in [-0.1, -0.05) is 38.1 Å². The summed E-state index contributed by atoms with van der Waals surface area (Å²) in [5, 5.41) is 3.07. The second kappa shape index (κ2) is 8.33. The molecule has 2 aromatic rings. The number of amides is 1. The Morgan fingerprint density at radius 3 is 2.03 bits per heavy atom. The highest BCUT2D eigenvalue weighted by Gasteiger charge is 2.51. The first-order chi connectivity index (χ1) is 15.1. The van der Waals surface area contributed by atoms with Crippen LogP contribution in [0.25, 0.3) is 0 Å². The third kappa shape index (κ3) is 4.12. The molecule has 0 saturated heterocycles. The van der Waals surface area contributed by atoms with Crippen molar-refractivity contribution in [1.29, 1.82) is 0 Å². The maximum Gasteiger partial charge on any atom is 0.265 e. The van der Waals surface area contributed by atoms with Crippen LogP contribution in [-0.2, 0) is 16.6 Å². The molecule has 0 heterocycles. The fourth-order valence-electron chi connectivity index (χ4n) is 6.88. The molecule has 1 amide bonds. The van der Waals surface area contributed by atoms with Gasteiger partial charge in [0, 0.05) is 5.69 Å². The number of carbonyl (C=O) groups is 1. The van der Waals surface area contributed by atoms with Crippen LogP contribution in [0.5, 0.6) is 5.75 Å². The van der Waals surface area contributed by atoms with E-state index < -0.39 is 6.10 Å². The number of nitrogens with one attached hydrogen (secondary N) is 1. The summed E-state index contributed by atoms with van der Waals surface area (Å²) in [6.45, 7) is 4.12. The Balaban J connectivity index is 1.24. The molecular formula is C28H35NO2. The van der Waals surface area contributed by atoms with E-state index in [9.17, 15) is 4.79 Å². The molecule has 3 nitrogen and oxygen atoms in total. The maximum atomic E-state index is 12.8. The predicted octanol–water partition coefficient (Wildman–Crippen LogP) is 6.51. The van der Waals surface area contributed by atoms with E-state index in [1.807, 2.05) is 19.1 Å². The van der Waals surface area contributed by atoms with Crippen molar-refractivity contribution in [3.8, 4) is 5.75 Å². The molecular weight excluding hydrogens is 382 g/mol. The Morgan fingerprint density at radius 2 is 1.52 bits per heavy atom. The molecule has 0 radical (unpaired) electrons. The van der Waals surface area contributed by atoms with Crippen LogP contribution in [0.4, 0.5) is 5.69 Å². The molecule has 1 unspecified atom stereocenters. The van der Waals surface area contributed by atoms with Crippen LogP contribution in [-0.4, -0.2) is 12.0 Å². The molecule has 4 bridgehead atoms. The Kier molecular flexibility index (Phi) is 5.54. The van der Waals surface area contributed by atoms with Gasteiger partial charge in [0.15, 0.2) is 6.10 Å². The van der Waals surface area contributed by atoms with Crippen LogP contribution in [0, 0.1) is 17.8 Å². The van der Waals surface area contributed by atoms with Gasteiger partial charge < -0.3 is 10.1 Å². The summed E-state index contributed by atoms with van der Waals surface area (Å²) in [5.74, 6) is 3.50. The highest BCUT2D eigenvalue weighted by molar-refractivity contribution is 5.94. The molecule has 31 heavy (non-hydrogen) atoms. The van der Waals surface area contributed by atoms with Gasteiger partial charge in [0.2, 0.25) is 0 Å². The van der Waals surface area contributed by atoms with Crippen molar-refractivity contribution in [3.05, 3.63) is 59.7 Å². The molecule has 4 aliphatic rings. The van der Waals surface area contributed by atoms with Crippen LogP contribution in [0.15, 0.2) is 48.5 Å². The number of carbonyl (C=O) groups excluding carboxylic acids is 1. The zero-order valence-electron chi connectivity index (χ0n) is 18.9. The van der Waals surface area contributed by atoms with Gasteiger partial charge >= 0.3 is 0 Å².